The van der Waals surface area contributed by atoms with Gasteiger partial charge in [-0.05, 0) is 55.2 Å². The third-order valence-electron chi connectivity index (χ3n) is 10.7. The van der Waals surface area contributed by atoms with Crippen LogP contribution in [0.5, 0.6) is 5.75 Å². The molecule has 3 aromatic heterocycles. The summed E-state index contributed by atoms with van der Waals surface area (Å²) in [7, 11) is 1.57. The number of carbonyl (C=O) groups is 4. The summed E-state index contributed by atoms with van der Waals surface area (Å²) < 4.78 is 9.24. The van der Waals surface area contributed by atoms with E-state index < -0.39 is 11.9 Å². The second kappa shape index (κ2) is 12.2. The van der Waals surface area contributed by atoms with Gasteiger partial charge < -0.3 is 19.9 Å². The van der Waals surface area contributed by atoms with Gasteiger partial charge in [-0.3, -0.25) is 34.1 Å². The lowest BCUT2D eigenvalue weighted by Crippen LogP contribution is -2.61. The van der Waals surface area contributed by atoms with Crippen LogP contribution in [0.25, 0.3) is 16.6 Å². The summed E-state index contributed by atoms with van der Waals surface area (Å²) in [5.74, 6) is -0.622. The Labute approximate surface area is 292 Å². The molecule has 5 aromatic rings. The molecule has 7 heterocycles. The maximum Gasteiger partial charge on any atom is 0.261 e. The zero-order valence-electron chi connectivity index (χ0n) is 28.0. The van der Waals surface area contributed by atoms with Crippen molar-refractivity contribution in [1.82, 2.24) is 39.5 Å². The van der Waals surface area contributed by atoms with Gasteiger partial charge in [-0.1, -0.05) is 0 Å². The highest BCUT2D eigenvalue weighted by Crippen LogP contribution is 2.35. The van der Waals surface area contributed by atoms with Crippen molar-refractivity contribution in [2.24, 2.45) is 0 Å². The van der Waals surface area contributed by atoms with E-state index in [0.29, 0.717) is 47.2 Å². The lowest BCUT2D eigenvalue weighted by Gasteiger charge is -2.48. The molecule has 0 radical (unpaired) electrons. The number of likely N-dealkylation sites (tertiary alicyclic amines) is 1. The zero-order chi connectivity index (χ0) is 34.8. The van der Waals surface area contributed by atoms with Gasteiger partial charge in [0.2, 0.25) is 11.8 Å². The van der Waals surface area contributed by atoms with Crippen LogP contribution in [-0.2, 0) is 16.1 Å². The Morgan fingerprint density at radius 2 is 1.88 bits per heavy atom. The van der Waals surface area contributed by atoms with Crippen molar-refractivity contribution in [2.75, 3.05) is 43.5 Å². The fraction of sp³-hybridized carbons (Fsp3) is 0.361. The van der Waals surface area contributed by atoms with E-state index in [1.807, 2.05) is 30.5 Å². The summed E-state index contributed by atoms with van der Waals surface area (Å²) in [6.07, 6.45) is 9.48. The maximum atomic E-state index is 13.2. The summed E-state index contributed by atoms with van der Waals surface area (Å²) in [5.41, 5.74) is 4.85. The van der Waals surface area contributed by atoms with E-state index in [1.54, 1.807) is 35.0 Å². The molecule has 15 heteroatoms. The van der Waals surface area contributed by atoms with Gasteiger partial charge in [-0.2, -0.15) is 10.2 Å². The van der Waals surface area contributed by atoms with Crippen molar-refractivity contribution >= 4 is 51.6 Å². The minimum absolute atomic E-state index is 0.149. The molecule has 2 aromatic carbocycles. The number of carbonyl (C=O) groups excluding carboxylic acids is 4. The molecule has 0 bridgehead atoms. The molecule has 0 saturated carbocycles. The second-order valence-electron chi connectivity index (χ2n) is 13.7. The van der Waals surface area contributed by atoms with Crippen LogP contribution in [-0.4, -0.2) is 103 Å². The molecule has 3 fully saturated rings. The monoisotopic (exact) mass is 688 g/mol. The van der Waals surface area contributed by atoms with Gasteiger partial charge in [0.05, 0.1) is 30.6 Å². The van der Waals surface area contributed by atoms with Crippen LogP contribution in [0.2, 0.25) is 0 Å². The van der Waals surface area contributed by atoms with E-state index in [-0.39, 0.29) is 30.2 Å². The first-order valence-corrected chi connectivity index (χ1v) is 17.3. The van der Waals surface area contributed by atoms with Crippen LogP contribution in [0, 0.1) is 0 Å². The standard InChI is InChI=1S/C36H36N10O5/c1-51-31-15-28-22(14-29(31)39-34(48)27-16-38-45-10-2-9-37-33(27)45)18-46(41-28)23-7-11-42(12-8-23)25-19-43(20-25)24-3-4-26-21(13-24)17-44(36(26)50)30-5-6-32(47)40-35(30)49/h2-4,9-10,13-16,18,23,25,30H,5-8,11-12,17,19-20H2,1H3,(H,39,48)(H,40,47,49). The molecule has 51 heavy (non-hydrogen) atoms. The Bertz CT molecular complexity index is 2230. The van der Waals surface area contributed by atoms with Gasteiger partial charge in [0, 0.05) is 86.5 Å². The highest BCUT2D eigenvalue weighted by atomic mass is 16.5. The minimum Gasteiger partial charge on any atom is -0.494 e. The third-order valence-corrected chi connectivity index (χ3v) is 10.7. The van der Waals surface area contributed by atoms with Crippen LogP contribution >= 0.6 is 0 Å². The summed E-state index contributed by atoms with van der Waals surface area (Å²) in [4.78, 5) is 61.1. The van der Waals surface area contributed by atoms with Crippen LogP contribution in [0.3, 0.4) is 0 Å². The first-order valence-electron chi connectivity index (χ1n) is 17.3. The largest absolute Gasteiger partial charge is 0.494 e. The molecule has 260 valence electrons. The topological polar surface area (TPSA) is 159 Å². The molecular formula is C36H36N10O5. The van der Waals surface area contributed by atoms with E-state index in [9.17, 15) is 19.2 Å². The van der Waals surface area contributed by atoms with Crippen molar-refractivity contribution in [2.45, 2.75) is 50.4 Å². The van der Waals surface area contributed by atoms with Crippen molar-refractivity contribution in [3.05, 3.63) is 77.9 Å². The molecule has 2 N–H and O–H groups in total. The van der Waals surface area contributed by atoms with Crippen LogP contribution < -0.4 is 20.3 Å². The maximum absolute atomic E-state index is 13.2. The molecule has 0 spiro atoms. The molecule has 15 nitrogen and oxygen atoms in total. The lowest BCUT2D eigenvalue weighted by molar-refractivity contribution is -0.136. The number of benzene rings is 2. The number of anilines is 2. The van der Waals surface area contributed by atoms with Gasteiger partial charge in [0.25, 0.3) is 11.8 Å². The van der Waals surface area contributed by atoms with E-state index in [2.05, 4.69) is 41.3 Å². The molecular weight excluding hydrogens is 652 g/mol. The first-order chi connectivity index (χ1) is 24.8. The smallest absolute Gasteiger partial charge is 0.261 e. The first kappa shape index (κ1) is 31.2. The Kier molecular flexibility index (Phi) is 7.45. The lowest BCUT2D eigenvalue weighted by atomic mass is 9.98. The fourth-order valence-corrected chi connectivity index (χ4v) is 7.87. The molecule has 9 rings (SSSR count). The number of aromatic nitrogens is 5. The molecule has 1 atom stereocenters. The predicted molar refractivity (Wildman–Crippen MR) is 186 cm³/mol. The number of hydrogen-bond donors (Lipinski definition) is 2. The highest BCUT2D eigenvalue weighted by Gasteiger charge is 2.40. The molecule has 1 unspecified atom stereocenters. The quantitative estimate of drug-likeness (QED) is 0.244. The van der Waals surface area contributed by atoms with Crippen molar-refractivity contribution < 1.29 is 23.9 Å². The Hall–Kier alpha value is -5.83. The molecule has 4 aliphatic rings. The predicted octanol–water partition coefficient (Wildman–Crippen LogP) is 2.63. The van der Waals surface area contributed by atoms with E-state index >= 15 is 0 Å². The summed E-state index contributed by atoms with van der Waals surface area (Å²) in [6.45, 7) is 4.15. The summed E-state index contributed by atoms with van der Waals surface area (Å²) in [5, 5.41) is 15.4. The van der Waals surface area contributed by atoms with Gasteiger partial charge >= 0.3 is 0 Å². The SMILES string of the molecule is COc1cc2nn(C3CCN(C4CN(c5ccc6c(c5)CN(C5CCC(=O)NC5=O)C6=O)C4)CC3)cc2cc1NC(=O)c1cnn2cccnc12. The normalized spacial score (nSPS) is 20.2. The van der Waals surface area contributed by atoms with E-state index in [4.69, 9.17) is 9.84 Å². The number of imide groups is 1. The number of hydrogen-bond acceptors (Lipinski definition) is 10. The number of rotatable bonds is 7. The number of fused-ring (bicyclic) bond motifs is 3. The average molecular weight is 689 g/mol. The fourth-order valence-electron chi connectivity index (χ4n) is 7.87. The van der Waals surface area contributed by atoms with Crippen molar-refractivity contribution in [3.8, 4) is 5.75 Å². The number of nitrogens with one attached hydrogen (secondary N) is 2. The third kappa shape index (κ3) is 5.44. The Balaban J connectivity index is 0.813. The number of nitrogens with zero attached hydrogens (tertiary/aromatic N) is 8. The number of piperidine rings is 2. The molecule has 4 aliphatic heterocycles. The zero-order valence-corrected chi connectivity index (χ0v) is 28.0. The van der Waals surface area contributed by atoms with Crippen LogP contribution in [0.4, 0.5) is 11.4 Å². The van der Waals surface area contributed by atoms with Gasteiger partial charge in [0.1, 0.15) is 17.4 Å². The Morgan fingerprint density at radius 1 is 1.04 bits per heavy atom. The number of methoxy groups -OCH3 is 1. The molecule has 0 aliphatic carbocycles. The average Bonchev–Trinajstić information content (AvgIpc) is 3.83. The minimum atomic E-state index is -0.608. The highest BCUT2D eigenvalue weighted by molar-refractivity contribution is 6.09. The molecule has 4 amide bonds. The number of ether oxygens (including phenoxy) is 1. The van der Waals surface area contributed by atoms with Gasteiger partial charge in [-0.25, -0.2) is 9.50 Å². The van der Waals surface area contributed by atoms with E-state index in [0.717, 1.165) is 61.2 Å². The number of amides is 4. The van der Waals surface area contributed by atoms with Crippen LogP contribution in [0.15, 0.2) is 61.2 Å². The summed E-state index contributed by atoms with van der Waals surface area (Å²) >= 11 is 0. The van der Waals surface area contributed by atoms with Crippen molar-refractivity contribution in [1.29, 1.82) is 0 Å². The Morgan fingerprint density at radius 3 is 2.69 bits per heavy atom. The van der Waals surface area contributed by atoms with Gasteiger partial charge in [0.15, 0.2) is 5.65 Å². The van der Waals surface area contributed by atoms with Crippen LogP contribution in [0.1, 0.15) is 58.0 Å². The van der Waals surface area contributed by atoms with Gasteiger partial charge in [-0.15, -0.1) is 0 Å². The molecule has 3 saturated heterocycles. The second-order valence-corrected chi connectivity index (χ2v) is 13.7. The van der Waals surface area contributed by atoms with E-state index in [1.165, 1.54) is 6.20 Å². The summed E-state index contributed by atoms with van der Waals surface area (Å²) in [6, 6.07) is 11.6. The van der Waals surface area contributed by atoms with Crippen molar-refractivity contribution in [3.63, 3.8) is 0 Å².